The predicted octanol–water partition coefficient (Wildman–Crippen LogP) is 3.90. The van der Waals surface area contributed by atoms with Crippen LogP contribution in [0.1, 0.15) is 25.8 Å². The predicted molar refractivity (Wildman–Crippen MR) is 118 cm³/mol. The highest BCUT2D eigenvalue weighted by atomic mass is 32.2. The lowest BCUT2D eigenvalue weighted by Crippen LogP contribution is -2.33. The van der Waals surface area contributed by atoms with Gasteiger partial charge in [-0.25, -0.2) is 4.99 Å². The number of ether oxygens (including phenoxy) is 1. The molecule has 8 heteroatoms. The first-order valence-corrected chi connectivity index (χ1v) is 10.5. The van der Waals surface area contributed by atoms with Crippen molar-refractivity contribution < 1.29 is 19.1 Å². The van der Waals surface area contributed by atoms with Gasteiger partial charge in [0.25, 0.3) is 0 Å². The van der Waals surface area contributed by atoms with E-state index in [0.29, 0.717) is 17.4 Å². The Hall–Kier alpha value is -3.13. The van der Waals surface area contributed by atoms with Crippen molar-refractivity contribution >= 4 is 46.1 Å². The van der Waals surface area contributed by atoms with Gasteiger partial charge in [0.05, 0.1) is 11.4 Å². The number of nitrogens with one attached hydrogen (secondary N) is 1. The van der Waals surface area contributed by atoms with E-state index >= 15 is 0 Å². The molecular formula is C22H23N3O4S. The number of thioether (sulfide) groups is 1. The van der Waals surface area contributed by atoms with Crippen molar-refractivity contribution in [1.29, 1.82) is 0 Å². The van der Waals surface area contributed by atoms with E-state index in [0.717, 1.165) is 11.3 Å². The first kappa shape index (κ1) is 21.6. The second-order valence-corrected chi connectivity index (χ2v) is 7.93. The van der Waals surface area contributed by atoms with Gasteiger partial charge in [0.2, 0.25) is 11.8 Å². The Labute approximate surface area is 179 Å². The number of amides is 2. The lowest BCUT2D eigenvalue weighted by atomic mass is 10.2. The molecule has 1 atom stereocenters. The second kappa shape index (κ2) is 9.58. The number of nitrogens with zero attached hydrogens (tertiary/aromatic N) is 2. The van der Waals surface area contributed by atoms with Gasteiger partial charge in [-0.1, -0.05) is 41.6 Å². The number of carbonyl (C=O) groups is 3. The summed E-state index contributed by atoms with van der Waals surface area (Å²) in [6.07, 6.45) is -0.0126. The highest BCUT2D eigenvalue weighted by Crippen LogP contribution is 2.32. The van der Waals surface area contributed by atoms with Crippen molar-refractivity contribution in [2.45, 2.75) is 32.4 Å². The highest BCUT2D eigenvalue weighted by Gasteiger charge is 2.38. The number of anilines is 1. The van der Waals surface area contributed by atoms with E-state index in [1.54, 1.807) is 29.2 Å². The quantitative estimate of drug-likeness (QED) is 0.560. The van der Waals surface area contributed by atoms with Crippen LogP contribution in [0.5, 0.6) is 5.75 Å². The first-order valence-electron chi connectivity index (χ1n) is 9.58. The number of carbonyl (C=O) groups excluding carboxylic acids is 3. The van der Waals surface area contributed by atoms with Gasteiger partial charge in [0.15, 0.2) is 10.9 Å². The molecule has 1 saturated heterocycles. The second-order valence-electron chi connectivity index (χ2n) is 6.76. The molecule has 0 radical (unpaired) electrons. The number of para-hydroxylation sites is 2. The van der Waals surface area contributed by atoms with E-state index in [2.05, 4.69) is 10.3 Å². The molecule has 2 amide bonds. The first-order chi connectivity index (χ1) is 14.4. The molecule has 1 aliphatic heterocycles. The molecule has 0 saturated carbocycles. The summed E-state index contributed by atoms with van der Waals surface area (Å²) in [5.41, 5.74) is 2.27. The molecule has 1 N–H and O–H groups in total. The average molecular weight is 426 g/mol. The number of aryl methyl sites for hydroxylation is 1. The highest BCUT2D eigenvalue weighted by molar-refractivity contribution is 8.15. The van der Waals surface area contributed by atoms with Crippen LogP contribution in [0.15, 0.2) is 53.5 Å². The summed E-state index contributed by atoms with van der Waals surface area (Å²) in [6.45, 7) is 5.64. The molecule has 1 heterocycles. The van der Waals surface area contributed by atoms with Gasteiger partial charge in [0, 0.05) is 19.9 Å². The Morgan fingerprint density at radius 2 is 1.87 bits per heavy atom. The minimum Gasteiger partial charge on any atom is -0.424 e. The Kier molecular flexibility index (Phi) is 6.89. The fourth-order valence-electron chi connectivity index (χ4n) is 2.93. The zero-order chi connectivity index (χ0) is 21.7. The van der Waals surface area contributed by atoms with E-state index in [-0.39, 0.29) is 24.0 Å². The molecule has 0 aliphatic carbocycles. The summed E-state index contributed by atoms with van der Waals surface area (Å²) < 4.78 is 5.11. The third-order valence-electron chi connectivity index (χ3n) is 4.38. The van der Waals surface area contributed by atoms with Crippen LogP contribution in [0.2, 0.25) is 0 Å². The molecule has 0 spiro atoms. The van der Waals surface area contributed by atoms with Gasteiger partial charge < -0.3 is 10.1 Å². The van der Waals surface area contributed by atoms with E-state index < -0.39 is 11.2 Å². The van der Waals surface area contributed by atoms with Crippen molar-refractivity contribution in [3.05, 3.63) is 54.1 Å². The van der Waals surface area contributed by atoms with Crippen LogP contribution in [-0.2, 0) is 14.4 Å². The molecule has 2 aromatic carbocycles. The van der Waals surface area contributed by atoms with Crippen molar-refractivity contribution in [2.75, 3.05) is 11.9 Å². The number of rotatable bonds is 6. The fraction of sp³-hybridized carbons (Fsp3) is 0.273. The fourth-order valence-corrected chi connectivity index (χ4v) is 4.15. The van der Waals surface area contributed by atoms with Crippen LogP contribution in [0.25, 0.3) is 0 Å². The minimum absolute atomic E-state index is 0.0126. The van der Waals surface area contributed by atoms with Crippen molar-refractivity contribution in [3.8, 4) is 5.75 Å². The van der Waals surface area contributed by atoms with Crippen LogP contribution in [0.4, 0.5) is 11.4 Å². The molecule has 0 bridgehead atoms. The van der Waals surface area contributed by atoms with Crippen LogP contribution in [0.3, 0.4) is 0 Å². The maximum Gasteiger partial charge on any atom is 0.308 e. The molecule has 156 valence electrons. The molecule has 0 unspecified atom stereocenters. The van der Waals surface area contributed by atoms with Gasteiger partial charge in [-0.2, -0.15) is 0 Å². The molecule has 0 aromatic heterocycles. The Bertz CT molecular complexity index is 988. The Morgan fingerprint density at radius 1 is 1.17 bits per heavy atom. The maximum atomic E-state index is 12.8. The summed E-state index contributed by atoms with van der Waals surface area (Å²) in [4.78, 5) is 42.8. The average Bonchev–Trinajstić information content (AvgIpc) is 2.99. The monoisotopic (exact) mass is 425 g/mol. The number of amidine groups is 1. The van der Waals surface area contributed by atoms with Gasteiger partial charge in [0.1, 0.15) is 5.25 Å². The number of hydrogen-bond acceptors (Lipinski definition) is 6. The van der Waals surface area contributed by atoms with E-state index in [1.165, 1.54) is 18.7 Å². The molecular weight excluding hydrogens is 402 g/mol. The summed E-state index contributed by atoms with van der Waals surface area (Å²) in [7, 11) is 0. The topological polar surface area (TPSA) is 88.1 Å². The van der Waals surface area contributed by atoms with Crippen molar-refractivity contribution in [2.24, 2.45) is 4.99 Å². The third kappa shape index (κ3) is 5.27. The largest absolute Gasteiger partial charge is 0.424 e. The lowest BCUT2D eigenvalue weighted by molar-refractivity contribution is -0.132. The summed E-state index contributed by atoms with van der Waals surface area (Å²) in [5, 5.41) is 2.75. The molecule has 7 nitrogen and oxygen atoms in total. The van der Waals surface area contributed by atoms with Gasteiger partial charge in [-0.3, -0.25) is 19.3 Å². The van der Waals surface area contributed by atoms with Crippen molar-refractivity contribution in [3.63, 3.8) is 0 Å². The zero-order valence-corrected chi connectivity index (χ0v) is 17.9. The summed E-state index contributed by atoms with van der Waals surface area (Å²) in [5.74, 6) is -0.695. The van der Waals surface area contributed by atoms with Crippen LogP contribution < -0.4 is 10.1 Å². The van der Waals surface area contributed by atoms with Gasteiger partial charge in [-0.05, 0) is 38.1 Å². The smallest absolute Gasteiger partial charge is 0.308 e. The summed E-state index contributed by atoms with van der Waals surface area (Å²) in [6, 6.07) is 14.4. The Morgan fingerprint density at radius 3 is 2.53 bits per heavy atom. The number of aliphatic imine (C=N–C) groups is 1. The molecule has 1 aliphatic rings. The molecule has 1 fully saturated rings. The van der Waals surface area contributed by atoms with Crippen LogP contribution in [0, 0.1) is 6.92 Å². The Balaban J connectivity index is 1.71. The number of esters is 1. The summed E-state index contributed by atoms with van der Waals surface area (Å²) >= 11 is 1.28. The van der Waals surface area contributed by atoms with E-state index in [9.17, 15) is 14.4 Å². The van der Waals surface area contributed by atoms with Gasteiger partial charge >= 0.3 is 5.97 Å². The zero-order valence-electron chi connectivity index (χ0n) is 17.0. The third-order valence-corrected chi connectivity index (χ3v) is 5.56. The lowest BCUT2D eigenvalue weighted by Gasteiger charge is -2.13. The minimum atomic E-state index is -0.560. The van der Waals surface area contributed by atoms with Crippen LogP contribution in [-0.4, -0.2) is 39.6 Å². The molecule has 3 rings (SSSR count). The van der Waals surface area contributed by atoms with Gasteiger partial charge in [-0.15, -0.1) is 0 Å². The van der Waals surface area contributed by atoms with Crippen molar-refractivity contribution in [1.82, 2.24) is 4.90 Å². The maximum absolute atomic E-state index is 12.8. The molecule has 2 aromatic rings. The van der Waals surface area contributed by atoms with E-state index in [1.807, 2.05) is 38.1 Å². The number of hydrogen-bond donors (Lipinski definition) is 1. The van der Waals surface area contributed by atoms with Crippen LogP contribution >= 0.6 is 11.8 Å². The normalized spacial score (nSPS) is 17.3. The number of benzene rings is 2. The SMILES string of the molecule is CCN1C(=O)[C@@H](CC(=O)Nc2ccccc2OC(C)=O)SC1=Nc1ccc(C)cc1. The standard InChI is InChI=1S/C22H23N3O4S/c1-4-25-21(28)19(30-22(25)23-16-11-9-14(2)10-12-16)13-20(27)24-17-7-5-6-8-18(17)29-15(3)26/h5-12,19H,4,13H2,1-3H3,(H,24,27)/t19-/m1/s1. The molecule has 30 heavy (non-hydrogen) atoms. The van der Waals surface area contributed by atoms with E-state index in [4.69, 9.17) is 4.74 Å².